The van der Waals surface area contributed by atoms with Crippen LogP contribution in [0.4, 0.5) is 0 Å². The predicted molar refractivity (Wildman–Crippen MR) is 83.3 cm³/mol. The molecular formula is C18H18O4. The minimum absolute atomic E-state index is 0.0969. The highest BCUT2D eigenvalue weighted by atomic mass is 16.5. The molecule has 0 radical (unpaired) electrons. The molecule has 0 heterocycles. The van der Waals surface area contributed by atoms with Gasteiger partial charge in [0.15, 0.2) is 5.78 Å². The first-order chi connectivity index (χ1) is 10.7. The molecule has 0 aliphatic heterocycles. The normalized spacial score (nSPS) is 16.3. The molecule has 1 aliphatic rings. The van der Waals surface area contributed by atoms with Gasteiger partial charge in [0.05, 0.1) is 32.8 Å². The lowest BCUT2D eigenvalue weighted by Crippen LogP contribution is -2.07. The van der Waals surface area contributed by atoms with E-state index >= 15 is 0 Å². The number of methoxy groups -OCH3 is 3. The van der Waals surface area contributed by atoms with Crippen molar-refractivity contribution in [3.63, 3.8) is 0 Å². The van der Waals surface area contributed by atoms with Gasteiger partial charge in [0, 0.05) is 6.07 Å². The lowest BCUT2D eigenvalue weighted by atomic mass is 9.95. The smallest absolute Gasteiger partial charge is 0.174 e. The van der Waals surface area contributed by atoms with Gasteiger partial charge in [-0.3, -0.25) is 4.79 Å². The highest BCUT2D eigenvalue weighted by molar-refractivity contribution is 6.07. The lowest BCUT2D eigenvalue weighted by Gasteiger charge is -2.10. The molecule has 0 saturated heterocycles. The van der Waals surface area contributed by atoms with Crippen LogP contribution in [0.2, 0.25) is 0 Å². The van der Waals surface area contributed by atoms with Crippen LogP contribution < -0.4 is 14.2 Å². The Hall–Kier alpha value is -2.49. The molecule has 0 amide bonds. The van der Waals surface area contributed by atoms with E-state index in [1.807, 2.05) is 30.3 Å². The first-order valence-corrected chi connectivity index (χ1v) is 7.11. The van der Waals surface area contributed by atoms with Gasteiger partial charge in [-0.1, -0.05) is 12.1 Å². The summed E-state index contributed by atoms with van der Waals surface area (Å²) in [6.07, 6.45) is 0.661. The monoisotopic (exact) mass is 298 g/mol. The number of ketones is 1. The van der Waals surface area contributed by atoms with Crippen molar-refractivity contribution in [1.82, 2.24) is 0 Å². The van der Waals surface area contributed by atoms with Gasteiger partial charge in [-0.2, -0.15) is 0 Å². The first kappa shape index (κ1) is 14.4. The summed E-state index contributed by atoms with van der Waals surface area (Å²) < 4.78 is 15.8. The van der Waals surface area contributed by atoms with Crippen LogP contribution in [0.3, 0.4) is 0 Å². The van der Waals surface area contributed by atoms with Crippen LogP contribution in [-0.2, 0) is 6.42 Å². The largest absolute Gasteiger partial charge is 0.497 e. The topological polar surface area (TPSA) is 44.8 Å². The lowest BCUT2D eigenvalue weighted by molar-refractivity contribution is 0.0970. The van der Waals surface area contributed by atoms with Crippen molar-refractivity contribution in [2.75, 3.05) is 21.3 Å². The molecule has 1 aliphatic carbocycles. The Balaban J connectivity index is 1.99. The summed E-state index contributed by atoms with van der Waals surface area (Å²) in [7, 11) is 4.81. The fraction of sp³-hybridized carbons (Fsp3) is 0.278. The molecular weight excluding hydrogens is 280 g/mol. The number of hydrogen-bond donors (Lipinski definition) is 0. The summed E-state index contributed by atoms with van der Waals surface area (Å²) in [6, 6.07) is 11.3. The zero-order valence-corrected chi connectivity index (χ0v) is 12.9. The fourth-order valence-corrected chi connectivity index (χ4v) is 2.96. The second-order valence-electron chi connectivity index (χ2n) is 5.26. The number of benzene rings is 2. The van der Waals surface area contributed by atoms with E-state index in [0.717, 1.165) is 16.9 Å². The SMILES string of the molecule is COc1ccc(C2Cc3cc(OC)cc(OC)c3C2=O)cc1. The third-order valence-electron chi connectivity index (χ3n) is 4.12. The average Bonchev–Trinajstić information content (AvgIpc) is 2.91. The fourth-order valence-electron chi connectivity index (χ4n) is 2.96. The van der Waals surface area contributed by atoms with Gasteiger partial charge >= 0.3 is 0 Å². The molecule has 2 aromatic carbocycles. The molecule has 0 aromatic heterocycles. The number of hydrogen-bond acceptors (Lipinski definition) is 4. The summed E-state index contributed by atoms with van der Waals surface area (Å²) in [6.45, 7) is 0. The molecule has 2 aromatic rings. The number of Topliss-reactive ketones (excluding diaryl/α,β-unsaturated/α-hetero) is 1. The molecule has 1 unspecified atom stereocenters. The molecule has 0 saturated carbocycles. The molecule has 22 heavy (non-hydrogen) atoms. The summed E-state index contributed by atoms with van der Waals surface area (Å²) in [5.74, 6) is 1.99. The van der Waals surface area contributed by atoms with Crippen LogP contribution in [0.25, 0.3) is 0 Å². The van der Waals surface area contributed by atoms with Gasteiger partial charge in [0.2, 0.25) is 0 Å². The second kappa shape index (κ2) is 5.72. The first-order valence-electron chi connectivity index (χ1n) is 7.11. The van der Waals surface area contributed by atoms with Crippen LogP contribution >= 0.6 is 0 Å². The molecule has 0 fully saturated rings. The third kappa shape index (κ3) is 2.30. The van der Waals surface area contributed by atoms with Gasteiger partial charge in [-0.05, 0) is 35.7 Å². The van der Waals surface area contributed by atoms with Crippen molar-refractivity contribution in [2.45, 2.75) is 12.3 Å². The molecule has 4 nitrogen and oxygen atoms in total. The van der Waals surface area contributed by atoms with Gasteiger partial charge in [-0.25, -0.2) is 0 Å². The summed E-state index contributed by atoms with van der Waals surface area (Å²) in [5.41, 5.74) is 2.63. The van der Waals surface area contributed by atoms with E-state index in [4.69, 9.17) is 14.2 Å². The summed E-state index contributed by atoms with van der Waals surface area (Å²) in [5, 5.41) is 0. The Kier molecular flexibility index (Phi) is 3.75. The van der Waals surface area contributed by atoms with Crippen LogP contribution in [0.5, 0.6) is 17.2 Å². The molecule has 3 rings (SSSR count). The van der Waals surface area contributed by atoms with Crippen molar-refractivity contribution in [1.29, 1.82) is 0 Å². The minimum Gasteiger partial charge on any atom is -0.497 e. The molecule has 4 heteroatoms. The van der Waals surface area contributed by atoms with E-state index < -0.39 is 0 Å². The van der Waals surface area contributed by atoms with E-state index in [0.29, 0.717) is 23.5 Å². The average molecular weight is 298 g/mol. The highest BCUT2D eigenvalue weighted by Gasteiger charge is 2.35. The van der Waals surface area contributed by atoms with Crippen molar-refractivity contribution in [3.05, 3.63) is 53.1 Å². The Morgan fingerprint density at radius 1 is 0.909 bits per heavy atom. The van der Waals surface area contributed by atoms with Gasteiger partial charge in [0.1, 0.15) is 17.2 Å². The predicted octanol–water partition coefficient (Wildman–Crippen LogP) is 3.24. The van der Waals surface area contributed by atoms with Crippen molar-refractivity contribution >= 4 is 5.78 Å². The number of fused-ring (bicyclic) bond motifs is 1. The number of ether oxygens (including phenoxy) is 3. The minimum atomic E-state index is -0.179. The van der Waals surface area contributed by atoms with Crippen LogP contribution in [0.1, 0.15) is 27.4 Å². The van der Waals surface area contributed by atoms with E-state index in [1.54, 1.807) is 27.4 Å². The standard InChI is InChI=1S/C18H18O4/c1-20-13-6-4-11(5-7-13)15-9-12-8-14(21-2)10-16(22-3)17(12)18(15)19/h4-8,10,15H,9H2,1-3H3. The quantitative estimate of drug-likeness (QED) is 0.869. The van der Waals surface area contributed by atoms with Gasteiger partial charge in [0.25, 0.3) is 0 Å². The van der Waals surface area contributed by atoms with Crippen molar-refractivity contribution in [3.8, 4) is 17.2 Å². The maximum absolute atomic E-state index is 12.8. The Morgan fingerprint density at radius 2 is 1.59 bits per heavy atom. The van der Waals surface area contributed by atoms with Gasteiger partial charge in [-0.15, -0.1) is 0 Å². The number of carbonyl (C=O) groups excluding carboxylic acids is 1. The summed E-state index contributed by atoms with van der Waals surface area (Å²) >= 11 is 0. The third-order valence-corrected chi connectivity index (χ3v) is 4.12. The van der Waals surface area contributed by atoms with Crippen LogP contribution in [0, 0.1) is 0 Å². The van der Waals surface area contributed by atoms with E-state index in [-0.39, 0.29) is 11.7 Å². The van der Waals surface area contributed by atoms with Crippen LogP contribution in [-0.4, -0.2) is 27.1 Å². The molecule has 114 valence electrons. The Labute approximate surface area is 129 Å². The zero-order chi connectivity index (χ0) is 15.7. The number of carbonyl (C=O) groups is 1. The molecule has 1 atom stereocenters. The van der Waals surface area contributed by atoms with Crippen molar-refractivity contribution in [2.24, 2.45) is 0 Å². The summed E-state index contributed by atoms with van der Waals surface area (Å²) in [4.78, 5) is 12.8. The molecule has 0 bridgehead atoms. The molecule has 0 N–H and O–H groups in total. The number of rotatable bonds is 4. The van der Waals surface area contributed by atoms with Crippen molar-refractivity contribution < 1.29 is 19.0 Å². The van der Waals surface area contributed by atoms with Gasteiger partial charge < -0.3 is 14.2 Å². The van der Waals surface area contributed by atoms with E-state index in [1.165, 1.54) is 0 Å². The molecule has 0 spiro atoms. The Bertz CT molecular complexity index is 704. The second-order valence-corrected chi connectivity index (χ2v) is 5.26. The van der Waals surface area contributed by atoms with Crippen LogP contribution in [0.15, 0.2) is 36.4 Å². The van der Waals surface area contributed by atoms with E-state index in [2.05, 4.69) is 0 Å². The zero-order valence-electron chi connectivity index (χ0n) is 12.9. The maximum atomic E-state index is 12.8. The highest BCUT2D eigenvalue weighted by Crippen LogP contribution is 2.41. The Morgan fingerprint density at radius 3 is 2.18 bits per heavy atom. The maximum Gasteiger partial charge on any atom is 0.174 e. The van der Waals surface area contributed by atoms with E-state index in [9.17, 15) is 4.79 Å².